The van der Waals surface area contributed by atoms with Gasteiger partial charge in [0.1, 0.15) is 0 Å². The van der Waals surface area contributed by atoms with Crippen molar-refractivity contribution in [1.82, 2.24) is 5.32 Å². The number of anilines is 1. The van der Waals surface area contributed by atoms with Crippen molar-refractivity contribution in [2.24, 2.45) is 0 Å². The Balaban J connectivity index is 2.61. The van der Waals surface area contributed by atoms with Gasteiger partial charge in [-0.15, -0.1) is 0 Å². The van der Waals surface area contributed by atoms with E-state index in [0.29, 0.717) is 11.7 Å². The molecule has 1 aromatic carbocycles. The van der Waals surface area contributed by atoms with Gasteiger partial charge in [-0.3, -0.25) is 0 Å². The SMILES string of the molecule is CCC(COC)NC(=S)Nc1cccc(Cl)c1C. The van der Waals surface area contributed by atoms with Gasteiger partial charge in [-0.25, -0.2) is 0 Å². The highest BCUT2D eigenvalue weighted by molar-refractivity contribution is 7.80. The van der Waals surface area contributed by atoms with E-state index in [-0.39, 0.29) is 6.04 Å². The van der Waals surface area contributed by atoms with Gasteiger partial charge in [0, 0.05) is 17.8 Å². The van der Waals surface area contributed by atoms with Gasteiger partial charge < -0.3 is 15.4 Å². The van der Waals surface area contributed by atoms with Crippen molar-refractivity contribution in [2.75, 3.05) is 19.0 Å². The number of hydrogen-bond acceptors (Lipinski definition) is 2. The normalized spacial score (nSPS) is 12.0. The van der Waals surface area contributed by atoms with Crippen LogP contribution in [0.1, 0.15) is 18.9 Å². The fourth-order valence-corrected chi connectivity index (χ4v) is 2.00. The molecule has 100 valence electrons. The molecule has 18 heavy (non-hydrogen) atoms. The predicted octanol–water partition coefficient (Wildman–Crippen LogP) is 3.36. The van der Waals surface area contributed by atoms with Crippen LogP contribution in [0.15, 0.2) is 18.2 Å². The largest absolute Gasteiger partial charge is 0.383 e. The van der Waals surface area contributed by atoms with E-state index < -0.39 is 0 Å². The first-order chi connectivity index (χ1) is 8.58. The fourth-order valence-electron chi connectivity index (χ4n) is 1.55. The molecule has 5 heteroatoms. The minimum atomic E-state index is 0.217. The van der Waals surface area contributed by atoms with E-state index in [0.717, 1.165) is 22.7 Å². The van der Waals surface area contributed by atoms with Gasteiger partial charge in [0.25, 0.3) is 0 Å². The Kier molecular flexibility index (Phi) is 6.39. The van der Waals surface area contributed by atoms with E-state index in [1.807, 2.05) is 25.1 Å². The monoisotopic (exact) mass is 286 g/mol. The summed E-state index contributed by atoms with van der Waals surface area (Å²) in [6.45, 7) is 4.68. The van der Waals surface area contributed by atoms with Crippen LogP contribution in [0.5, 0.6) is 0 Å². The first kappa shape index (κ1) is 15.2. The van der Waals surface area contributed by atoms with Gasteiger partial charge in [-0.05, 0) is 43.3 Å². The first-order valence-electron chi connectivity index (χ1n) is 5.90. The number of nitrogens with one attached hydrogen (secondary N) is 2. The van der Waals surface area contributed by atoms with Gasteiger partial charge in [0.15, 0.2) is 5.11 Å². The summed E-state index contributed by atoms with van der Waals surface area (Å²) in [6, 6.07) is 5.92. The highest BCUT2D eigenvalue weighted by Crippen LogP contribution is 2.22. The Morgan fingerprint density at radius 3 is 2.83 bits per heavy atom. The summed E-state index contributed by atoms with van der Waals surface area (Å²) in [6.07, 6.45) is 0.949. The number of halogens is 1. The Bertz CT molecular complexity index is 412. The number of methoxy groups -OCH3 is 1. The van der Waals surface area contributed by atoms with E-state index >= 15 is 0 Å². The zero-order valence-corrected chi connectivity index (χ0v) is 12.5. The molecule has 0 amide bonds. The highest BCUT2D eigenvalue weighted by Gasteiger charge is 2.09. The lowest BCUT2D eigenvalue weighted by molar-refractivity contribution is 0.172. The van der Waals surface area contributed by atoms with E-state index in [9.17, 15) is 0 Å². The third-order valence-electron chi connectivity index (χ3n) is 2.71. The molecule has 2 N–H and O–H groups in total. The van der Waals surface area contributed by atoms with Gasteiger partial charge in [-0.2, -0.15) is 0 Å². The fraction of sp³-hybridized carbons (Fsp3) is 0.462. The van der Waals surface area contributed by atoms with Crippen LogP contribution >= 0.6 is 23.8 Å². The molecule has 0 bridgehead atoms. The minimum absolute atomic E-state index is 0.217. The maximum atomic E-state index is 6.06. The molecule has 1 atom stereocenters. The average Bonchev–Trinajstić information content (AvgIpc) is 2.34. The van der Waals surface area contributed by atoms with Crippen LogP contribution in [0.3, 0.4) is 0 Å². The molecule has 3 nitrogen and oxygen atoms in total. The van der Waals surface area contributed by atoms with Crippen LogP contribution in [-0.2, 0) is 4.74 Å². The molecule has 0 aromatic heterocycles. The lowest BCUT2D eigenvalue weighted by atomic mass is 10.2. The maximum absolute atomic E-state index is 6.06. The molecule has 0 aliphatic rings. The number of thiocarbonyl (C=S) groups is 1. The number of hydrogen-bond donors (Lipinski definition) is 2. The van der Waals surface area contributed by atoms with Crippen LogP contribution in [0.4, 0.5) is 5.69 Å². The first-order valence-corrected chi connectivity index (χ1v) is 6.68. The van der Waals surface area contributed by atoms with Crippen LogP contribution in [-0.4, -0.2) is 24.9 Å². The minimum Gasteiger partial charge on any atom is -0.383 e. The summed E-state index contributed by atoms with van der Waals surface area (Å²) in [5.41, 5.74) is 1.91. The summed E-state index contributed by atoms with van der Waals surface area (Å²) < 4.78 is 5.12. The summed E-state index contributed by atoms with van der Waals surface area (Å²) in [7, 11) is 1.68. The number of benzene rings is 1. The molecule has 0 heterocycles. The smallest absolute Gasteiger partial charge is 0.171 e. The van der Waals surface area contributed by atoms with Crippen molar-refractivity contribution >= 4 is 34.6 Å². The number of rotatable bonds is 5. The second kappa shape index (κ2) is 7.56. The second-order valence-electron chi connectivity index (χ2n) is 4.07. The Morgan fingerprint density at radius 1 is 1.50 bits per heavy atom. The van der Waals surface area contributed by atoms with Gasteiger partial charge in [0.05, 0.1) is 12.6 Å². The molecule has 0 spiro atoms. The molecule has 1 aromatic rings. The highest BCUT2D eigenvalue weighted by atomic mass is 35.5. The van der Waals surface area contributed by atoms with Crippen molar-refractivity contribution in [1.29, 1.82) is 0 Å². The average molecular weight is 287 g/mol. The molecular weight excluding hydrogens is 268 g/mol. The molecule has 1 rings (SSSR count). The zero-order chi connectivity index (χ0) is 13.5. The van der Waals surface area contributed by atoms with Gasteiger partial charge in [-0.1, -0.05) is 24.6 Å². The quantitative estimate of drug-likeness (QED) is 0.813. The van der Waals surface area contributed by atoms with Crippen molar-refractivity contribution in [3.63, 3.8) is 0 Å². The van der Waals surface area contributed by atoms with Crippen LogP contribution < -0.4 is 10.6 Å². The van der Waals surface area contributed by atoms with E-state index in [4.69, 9.17) is 28.6 Å². The van der Waals surface area contributed by atoms with Crippen molar-refractivity contribution in [3.05, 3.63) is 28.8 Å². The molecule has 0 saturated heterocycles. The molecular formula is C13H19ClN2OS. The Morgan fingerprint density at radius 2 is 2.22 bits per heavy atom. The van der Waals surface area contributed by atoms with Crippen LogP contribution in [0.2, 0.25) is 5.02 Å². The molecule has 0 radical (unpaired) electrons. The van der Waals surface area contributed by atoms with Gasteiger partial charge >= 0.3 is 0 Å². The summed E-state index contributed by atoms with van der Waals surface area (Å²) in [4.78, 5) is 0. The standard InChI is InChI=1S/C13H19ClN2OS/c1-4-10(8-17-3)15-13(18)16-12-7-5-6-11(14)9(12)2/h5-7,10H,4,8H2,1-3H3,(H2,15,16,18). The van der Waals surface area contributed by atoms with Crippen molar-refractivity contribution < 1.29 is 4.74 Å². The van der Waals surface area contributed by atoms with Gasteiger partial charge in [0.2, 0.25) is 0 Å². The third-order valence-corrected chi connectivity index (χ3v) is 3.34. The van der Waals surface area contributed by atoms with E-state index in [1.54, 1.807) is 7.11 Å². The predicted molar refractivity (Wildman–Crippen MR) is 81.5 cm³/mol. The Labute approximate surface area is 119 Å². The topological polar surface area (TPSA) is 33.3 Å². The maximum Gasteiger partial charge on any atom is 0.171 e. The van der Waals surface area contributed by atoms with Crippen molar-refractivity contribution in [3.8, 4) is 0 Å². The lowest BCUT2D eigenvalue weighted by Gasteiger charge is -2.19. The molecule has 0 fully saturated rings. The van der Waals surface area contributed by atoms with E-state index in [1.165, 1.54) is 0 Å². The lowest BCUT2D eigenvalue weighted by Crippen LogP contribution is -2.40. The Hall–Kier alpha value is -0.840. The molecule has 1 unspecified atom stereocenters. The molecule has 0 saturated carbocycles. The van der Waals surface area contributed by atoms with Crippen LogP contribution in [0, 0.1) is 6.92 Å². The zero-order valence-electron chi connectivity index (χ0n) is 10.9. The molecule has 0 aliphatic heterocycles. The third kappa shape index (κ3) is 4.44. The number of ether oxygens (including phenoxy) is 1. The summed E-state index contributed by atoms with van der Waals surface area (Å²) in [5, 5.41) is 7.69. The second-order valence-corrected chi connectivity index (χ2v) is 4.89. The summed E-state index contributed by atoms with van der Waals surface area (Å²) >= 11 is 11.3. The van der Waals surface area contributed by atoms with E-state index in [2.05, 4.69) is 17.6 Å². The summed E-state index contributed by atoms with van der Waals surface area (Å²) in [5.74, 6) is 0. The van der Waals surface area contributed by atoms with Crippen LogP contribution in [0.25, 0.3) is 0 Å². The molecule has 0 aliphatic carbocycles. The van der Waals surface area contributed by atoms with Crippen molar-refractivity contribution in [2.45, 2.75) is 26.3 Å².